The molecule has 0 amide bonds. The highest BCUT2D eigenvalue weighted by molar-refractivity contribution is 6.01. The summed E-state index contributed by atoms with van der Waals surface area (Å²) in [6.07, 6.45) is -0.129. The van der Waals surface area contributed by atoms with Crippen molar-refractivity contribution in [3.05, 3.63) is 95.1 Å². The van der Waals surface area contributed by atoms with Gasteiger partial charge in [0.2, 0.25) is 0 Å². The second kappa shape index (κ2) is 9.42. The molecule has 3 aromatic rings. The third-order valence-corrected chi connectivity index (χ3v) is 6.51. The minimum absolute atomic E-state index is 0.0516. The van der Waals surface area contributed by atoms with E-state index in [1.54, 1.807) is 53.4 Å². The Morgan fingerprint density at radius 1 is 0.829 bits per heavy atom. The Morgan fingerprint density at radius 3 is 2.03 bits per heavy atom. The molecule has 8 nitrogen and oxygen atoms in total. The van der Waals surface area contributed by atoms with Crippen LogP contribution in [0.15, 0.2) is 72.8 Å². The number of carbonyl (C=O) groups excluding carboxylic acids is 2. The Labute approximate surface area is 202 Å². The van der Waals surface area contributed by atoms with Crippen LogP contribution in [-0.2, 0) is 16.8 Å². The molecule has 1 fully saturated rings. The van der Waals surface area contributed by atoms with E-state index in [2.05, 4.69) is 10.6 Å². The van der Waals surface area contributed by atoms with Gasteiger partial charge in [-0.2, -0.15) is 0 Å². The Balaban J connectivity index is 1.51. The van der Waals surface area contributed by atoms with Crippen LogP contribution in [0.25, 0.3) is 0 Å². The van der Waals surface area contributed by atoms with E-state index in [-0.39, 0.29) is 37.7 Å². The van der Waals surface area contributed by atoms with Crippen LogP contribution in [0, 0.1) is 0 Å². The molecule has 1 atom stereocenters. The Hall–Kier alpha value is -3.85. The summed E-state index contributed by atoms with van der Waals surface area (Å²) in [6, 6.07) is 21.1. The molecule has 0 aliphatic carbocycles. The van der Waals surface area contributed by atoms with Crippen LogP contribution in [-0.4, -0.2) is 47.5 Å². The zero-order chi connectivity index (χ0) is 24.4. The number of hydrogen-bond donors (Lipinski definition) is 3. The van der Waals surface area contributed by atoms with Gasteiger partial charge in [-0.05, 0) is 0 Å². The van der Waals surface area contributed by atoms with Gasteiger partial charge < -0.3 is 9.84 Å². The van der Waals surface area contributed by atoms with Crippen molar-refractivity contribution in [2.75, 3.05) is 20.0 Å². The average molecular weight is 472 g/mol. The van der Waals surface area contributed by atoms with Gasteiger partial charge in [0.1, 0.15) is 0 Å². The Bertz CT molecular complexity index is 1270. The monoisotopic (exact) mass is 471 g/mol. The maximum atomic E-state index is 13.3. The Morgan fingerprint density at radius 2 is 1.43 bits per heavy atom. The number of ether oxygens (including phenoxy) is 1. The molecule has 0 bridgehead atoms. The van der Waals surface area contributed by atoms with E-state index in [4.69, 9.17) is 4.74 Å². The summed E-state index contributed by atoms with van der Waals surface area (Å²) in [5, 5.41) is 16.8. The number of benzene rings is 3. The van der Waals surface area contributed by atoms with Crippen molar-refractivity contribution in [1.82, 2.24) is 15.5 Å². The first-order valence-corrected chi connectivity index (χ1v) is 11.4. The van der Waals surface area contributed by atoms with Crippen LogP contribution >= 0.6 is 0 Å². The van der Waals surface area contributed by atoms with Crippen LogP contribution in [0.1, 0.15) is 38.3 Å². The first kappa shape index (κ1) is 22.9. The van der Waals surface area contributed by atoms with Crippen molar-refractivity contribution >= 4 is 17.5 Å². The van der Waals surface area contributed by atoms with Crippen molar-refractivity contribution in [3.63, 3.8) is 0 Å². The Kier molecular flexibility index (Phi) is 6.17. The third-order valence-electron chi connectivity index (χ3n) is 6.51. The van der Waals surface area contributed by atoms with Gasteiger partial charge >= 0.3 is 5.97 Å². The molecule has 35 heavy (non-hydrogen) atoms. The fraction of sp³-hybridized carbons (Fsp3) is 0.222. The number of ketones is 2. The van der Waals surface area contributed by atoms with Crippen LogP contribution in [0.4, 0.5) is 0 Å². The molecule has 2 heterocycles. The van der Waals surface area contributed by atoms with Gasteiger partial charge in [-0.1, -0.05) is 72.8 Å². The largest absolute Gasteiger partial charge is 0.480 e. The molecule has 0 saturated carbocycles. The minimum atomic E-state index is -1.66. The van der Waals surface area contributed by atoms with E-state index in [0.717, 1.165) is 0 Å². The van der Waals surface area contributed by atoms with Crippen LogP contribution in [0.5, 0.6) is 11.5 Å². The smallest absolute Gasteiger partial charge is 0.329 e. The predicted octanol–water partition coefficient (Wildman–Crippen LogP) is 3.14. The first-order chi connectivity index (χ1) is 17.0. The second-order valence-electron chi connectivity index (χ2n) is 8.66. The van der Waals surface area contributed by atoms with Crippen molar-refractivity contribution in [1.29, 1.82) is 0 Å². The summed E-state index contributed by atoms with van der Waals surface area (Å²) < 4.78 is 5.78. The van der Waals surface area contributed by atoms with Crippen molar-refractivity contribution in [3.8, 4) is 11.5 Å². The first-order valence-electron chi connectivity index (χ1n) is 11.4. The predicted molar refractivity (Wildman–Crippen MR) is 128 cm³/mol. The minimum Gasteiger partial charge on any atom is -0.480 e. The molecule has 5 rings (SSSR count). The van der Waals surface area contributed by atoms with Crippen molar-refractivity contribution in [2.45, 2.75) is 18.4 Å². The van der Waals surface area contributed by atoms with Crippen LogP contribution in [0.2, 0.25) is 0 Å². The molecular formula is C27H25N3O5. The lowest BCUT2D eigenvalue weighted by Crippen LogP contribution is -2.62. The normalized spacial score (nSPS) is 16.5. The molecule has 8 heteroatoms. The van der Waals surface area contributed by atoms with E-state index in [1.807, 2.05) is 24.3 Å². The fourth-order valence-electron chi connectivity index (χ4n) is 4.62. The topological polar surface area (TPSA) is 111 Å². The van der Waals surface area contributed by atoms with E-state index in [1.165, 1.54) is 0 Å². The SMILES string of the molecule is O=C(Cc1ccc(C(CC(=O)c2ccccc2)(C(=O)O)N2CNCNC2)c2c1O2)c1ccccc1. The van der Waals surface area contributed by atoms with E-state index < -0.39 is 11.5 Å². The number of Topliss-reactive ketones (excluding diaryl/α,β-unsaturated/α-hetero) is 2. The summed E-state index contributed by atoms with van der Waals surface area (Å²) in [6.45, 7) is 1.10. The number of rotatable bonds is 9. The van der Waals surface area contributed by atoms with Gasteiger partial charge in [-0.25, -0.2) is 4.79 Å². The van der Waals surface area contributed by atoms with Gasteiger partial charge in [-0.15, -0.1) is 0 Å². The number of aliphatic carboxylic acids is 1. The average Bonchev–Trinajstić information content (AvgIpc) is 3.70. The van der Waals surface area contributed by atoms with Crippen LogP contribution < -0.4 is 15.4 Å². The standard InChI is InChI=1S/C27H25N3O5/c31-22(18-7-3-1-4-8-18)13-20-11-12-21(25-24(20)35-25)27(26(33)34,30-16-28-15-29-17-30)14-23(32)19-9-5-2-6-10-19/h1-12,28-29H,13-17H2,(H,33,34). The lowest BCUT2D eigenvalue weighted by Gasteiger charge is -2.42. The van der Waals surface area contributed by atoms with Gasteiger partial charge in [0.05, 0.1) is 13.3 Å². The third kappa shape index (κ3) is 4.35. The van der Waals surface area contributed by atoms with E-state index >= 15 is 0 Å². The van der Waals surface area contributed by atoms with Crippen molar-refractivity contribution in [2.24, 2.45) is 0 Å². The van der Waals surface area contributed by atoms with E-state index in [0.29, 0.717) is 40.4 Å². The number of fused-ring (bicyclic) bond motifs is 1. The van der Waals surface area contributed by atoms with Gasteiger partial charge in [0, 0.05) is 41.8 Å². The summed E-state index contributed by atoms with van der Waals surface area (Å²) in [4.78, 5) is 40.6. The van der Waals surface area contributed by atoms with Gasteiger partial charge in [0.25, 0.3) is 0 Å². The number of nitrogens with one attached hydrogen (secondary N) is 2. The molecule has 2 aliphatic rings. The molecule has 1 saturated heterocycles. The summed E-state index contributed by atoms with van der Waals surface area (Å²) in [5.74, 6) is -0.529. The second-order valence-corrected chi connectivity index (χ2v) is 8.66. The lowest BCUT2D eigenvalue weighted by atomic mass is 9.81. The highest BCUT2D eigenvalue weighted by Gasteiger charge is 2.52. The zero-order valence-electron chi connectivity index (χ0n) is 19.0. The summed E-state index contributed by atoms with van der Waals surface area (Å²) in [5.41, 5.74) is 0.496. The molecule has 178 valence electrons. The lowest BCUT2D eigenvalue weighted by molar-refractivity contribution is -0.154. The molecular weight excluding hydrogens is 446 g/mol. The number of nitrogens with zero attached hydrogens (tertiary/aromatic N) is 1. The molecule has 3 N–H and O–H groups in total. The highest BCUT2D eigenvalue weighted by atomic mass is 16.6. The summed E-state index contributed by atoms with van der Waals surface area (Å²) >= 11 is 0. The molecule has 0 radical (unpaired) electrons. The van der Waals surface area contributed by atoms with Gasteiger partial charge in [0.15, 0.2) is 28.6 Å². The number of carbonyl (C=O) groups is 3. The molecule has 2 aliphatic heterocycles. The van der Waals surface area contributed by atoms with Crippen molar-refractivity contribution < 1.29 is 24.2 Å². The highest BCUT2D eigenvalue weighted by Crippen LogP contribution is 2.56. The number of carboxylic acids is 1. The maximum absolute atomic E-state index is 13.3. The fourth-order valence-corrected chi connectivity index (χ4v) is 4.62. The van der Waals surface area contributed by atoms with Crippen LogP contribution in [0.3, 0.4) is 0 Å². The van der Waals surface area contributed by atoms with Gasteiger partial charge in [-0.3, -0.25) is 25.1 Å². The zero-order valence-corrected chi connectivity index (χ0v) is 19.0. The number of carboxylic acid groups (broad SMARTS) is 1. The number of hydrogen-bond acceptors (Lipinski definition) is 7. The van der Waals surface area contributed by atoms with E-state index in [9.17, 15) is 19.5 Å². The molecule has 0 aromatic heterocycles. The quantitative estimate of drug-likeness (QED) is 0.252. The summed E-state index contributed by atoms with van der Waals surface area (Å²) in [7, 11) is 0. The molecule has 3 aromatic carbocycles. The molecule has 0 spiro atoms. The molecule has 1 unspecified atom stereocenters. The maximum Gasteiger partial charge on any atom is 0.329 e.